The van der Waals surface area contributed by atoms with Crippen molar-refractivity contribution in [1.29, 1.82) is 0 Å². The highest BCUT2D eigenvalue weighted by Gasteiger charge is 2.47. The Balaban J connectivity index is 1.83. The van der Waals surface area contributed by atoms with E-state index in [-0.39, 0.29) is 0 Å². The lowest BCUT2D eigenvalue weighted by Crippen LogP contribution is -2.44. The van der Waals surface area contributed by atoms with Crippen LogP contribution in [0.2, 0.25) is 5.02 Å². The van der Waals surface area contributed by atoms with Gasteiger partial charge in [-0.2, -0.15) is 0 Å². The van der Waals surface area contributed by atoms with Gasteiger partial charge in [-0.3, -0.25) is 0 Å². The van der Waals surface area contributed by atoms with Gasteiger partial charge in [0.1, 0.15) is 5.82 Å². The van der Waals surface area contributed by atoms with Crippen molar-refractivity contribution in [2.75, 3.05) is 18.0 Å². The highest BCUT2D eigenvalue weighted by Crippen LogP contribution is 2.45. The maximum atomic E-state index is 10.8. The third-order valence-electron chi connectivity index (χ3n) is 5.26. The van der Waals surface area contributed by atoms with E-state index in [1.807, 2.05) is 19.1 Å². The molecule has 0 radical (unpaired) electrons. The summed E-state index contributed by atoms with van der Waals surface area (Å²) in [5, 5.41) is 11.6. The minimum Gasteiger partial charge on any atom is -0.390 e. The van der Waals surface area contributed by atoms with Crippen LogP contribution >= 0.6 is 11.6 Å². The molecular weight excluding hydrogens is 272 g/mol. The zero-order valence-electron chi connectivity index (χ0n) is 12.3. The Morgan fingerprint density at radius 3 is 2.95 bits per heavy atom. The average molecular weight is 295 g/mol. The van der Waals surface area contributed by atoms with Gasteiger partial charge >= 0.3 is 0 Å². The highest BCUT2D eigenvalue weighted by molar-refractivity contribution is 6.31. The lowest BCUT2D eigenvalue weighted by Gasteiger charge is -2.40. The van der Waals surface area contributed by atoms with Gasteiger partial charge in [0.2, 0.25) is 0 Å². The van der Waals surface area contributed by atoms with E-state index in [0.29, 0.717) is 11.8 Å². The molecule has 0 bridgehead atoms. The van der Waals surface area contributed by atoms with Gasteiger partial charge in [0.15, 0.2) is 0 Å². The zero-order valence-corrected chi connectivity index (χ0v) is 13.0. The Morgan fingerprint density at radius 1 is 1.45 bits per heavy atom. The topological polar surface area (TPSA) is 36.4 Å². The summed E-state index contributed by atoms with van der Waals surface area (Å²) in [6.45, 7) is 5.98. The summed E-state index contributed by atoms with van der Waals surface area (Å²) >= 11 is 6.06. The maximum absolute atomic E-state index is 10.8. The average Bonchev–Trinajstić information content (AvgIpc) is 2.88. The predicted octanol–water partition coefficient (Wildman–Crippen LogP) is 3.42. The van der Waals surface area contributed by atoms with E-state index in [0.717, 1.165) is 48.9 Å². The summed E-state index contributed by atoms with van der Waals surface area (Å²) in [5.74, 6) is 1.99. The van der Waals surface area contributed by atoms with Gasteiger partial charge in [0, 0.05) is 19.0 Å². The van der Waals surface area contributed by atoms with Crippen molar-refractivity contribution in [3.05, 3.63) is 22.8 Å². The number of pyridine rings is 1. The summed E-state index contributed by atoms with van der Waals surface area (Å²) in [5.41, 5.74) is 0.406. The molecule has 0 amide bonds. The molecule has 1 saturated heterocycles. The molecule has 2 aliphatic rings. The van der Waals surface area contributed by atoms with Crippen molar-refractivity contribution >= 4 is 17.4 Å². The highest BCUT2D eigenvalue weighted by atomic mass is 35.5. The van der Waals surface area contributed by atoms with Crippen LogP contribution in [0.5, 0.6) is 0 Å². The predicted molar refractivity (Wildman–Crippen MR) is 82.3 cm³/mol. The van der Waals surface area contributed by atoms with E-state index < -0.39 is 5.60 Å². The SMILES string of the molecule is CC[C@@]1(O)CCC[C@@H]2CN(c3ccc(Cl)c(C)n3)C[C@@H]21. The van der Waals surface area contributed by atoms with Crippen LogP contribution < -0.4 is 4.90 Å². The fourth-order valence-electron chi connectivity index (χ4n) is 3.96. The first-order chi connectivity index (χ1) is 9.53. The number of hydrogen-bond donors (Lipinski definition) is 1. The second-order valence-corrected chi connectivity index (χ2v) is 6.76. The molecule has 0 spiro atoms. The first-order valence-electron chi connectivity index (χ1n) is 7.64. The van der Waals surface area contributed by atoms with Crippen molar-refractivity contribution in [1.82, 2.24) is 4.98 Å². The minimum atomic E-state index is -0.473. The van der Waals surface area contributed by atoms with E-state index >= 15 is 0 Å². The lowest BCUT2D eigenvalue weighted by molar-refractivity contribution is -0.0597. The van der Waals surface area contributed by atoms with Gasteiger partial charge in [-0.05, 0) is 44.2 Å². The Labute approximate surface area is 126 Å². The molecule has 1 aliphatic carbocycles. The monoisotopic (exact) mass is 294 g/mol. The van der Waals surface area contributed by atoms with Crippen LogP contribution in [0, 0.1) is 18.8 Å². The van der Waals surface area contributed by atoms with Crippen molar-refractivity contribution in [2.45, 2.75) is 45.1 Å². The number of rotatable bonds is 2. The van der Waals surface area contributed by atoms with E-state index in [4.69, 9.17) is 11.6 Å². The summed E-state index contributed by atoms with van der Waals surface area (Å²) in [4.78, 5) is 6.92. The van der Waals surface area contributed by atoms with E-state index in [2.05, 4.69) is 16.8 Å². The molecule has 3 rings (SSSR count). The van der Waals surface area contributed by atoms with Gasteiger partial charge in [0.05, 0.1) is 16.3 Å². The van der Waals surface area contributed by atoms with Crippen molar-refractivity contribution in [3.8, 4) is 0 Å². The molecular formula is C16H23ClN2O. The van der Waals surface area contributed by atoms with Gasteiger partial charge in [-0.15, -0.1) is 0 Å². The largest absolute Gasteiger partial charge is 0.390 e. The zero-order chi connectivity index (χ0) is 14.3. The number of aliphatic hydroxyl groups is 1. The molecule has 1 N–H and O–H groups in total. The Bertz CT molecular complexity index is 507. The van der Waals surface area contributed by atoms with Crippen LogP contribution in [0.4, 0.5) is 5.82 Å². The molecule has 3 nitrogen and oxygen atoms in total. The van der Waals surface area contributed by atoms with E-state index in [9.17, 15) is 5.11 Å². The fourth-order valence-corrected chi connectivity index (χ4v) is 4.07. The minimum absolute atomic E-state index is 0.388. The van der Waals surface area contributed by atoms with Crippen molar-refractivity contribution in [2.24, 2.45) is 11.8 Å². The smallest absolute Gasteiger partial charge is 0.128 e. The van der Waals surface area contributed by atoms with Crippen LogP contribution in [-0.2, 0) is 0 Å². The second-order valence-electron chi connectivity index (χ2n) is 6.36. The number of aryl methyl sites for hydroxylation is 1. The second kappa shape index (κ2) is 5.19. The Kier molecular flexibility index (Phi) is 3.67. The molecule has 2 heterocycles. The number of anilines is 1. The fraction of sp³-hybridized carbons (Fsp3) is 0.688. The molecule has 110 valence electrons. The van der Waals surface area contributed by atoms with Crippen molar-refractivity contribution < 1.29 is 5.11 Å². The first-order valence-corrected chi connectivity index (χ1v) is 8.02. The quantitative estimate of drug-likeness (QED) is 0.908. The van der Waals surface area contributed by atoms with Crippen LogP contribution in [0.1, 0.15) is 38.3 Å². The van der Waals surface area contributed by atoms with E-state index in [1.54, 1.807) is 0 Å². The standard InChI is InChI=1S/C16H23ClN2O/c1-3-16(20)8-4-5-12-9-19(10-13(12)16)15-7-6-14(17)11(2)18-15/h6-7,12-13,20H,3-5,8-10H2,1-2H3/t12-,13+,16-/m1/s1. The molecule has 0 unspecified atom stereocenters. The summed E-state index contributed by atoms with van der Waals surface area (Å²) in [6, 6.07) is 3.92. The van der Waals surface area contributed by atoms with Crippen LogP contribution in [0.25, 0.3) is 0 Å². The normalized spacial score (nSPS) is 33.3. The van der Waals surface area contributed by atoms with Crippen molar-refractivity contribution in [3.63, 3.8) is 0 Å². The molecule has 4 heteroatoms. The molecule has 0 aromatic carbocycles. The third-order valence-corrected chi connectivity index (χ3v) is 5.66. The number of halogens is 1. The lowest BCUT2D eigenvalue weighted by atomic mass is 9.69. The number of nitrogens with zero attached hydrogens (tertiary/aromatic N) is 2. The summed E-state index contributed by atoms with van der Waals surface area (Å²) in [6.07, 6.45) is 4.18. The molecule has 1 saturated carbocycles. The third kappa shape index (κ3) is 2.31. The van der Waals surface area contributed by atoms with Gasteiger partial charge in [0.25, 0.3) is 0 Å². The first kappa shape index (κ1) is 14.2. The number of hydrogen-bond acceptors (Lipinski definition) is 3. The molecule has 3 atom stereocenters. The van der Waals surface area contributed by atoms with E-state index in [1.165, 1.54) is 6.42 Å². The molecule has 1 aromatic heterocycles. The number of aromatic nitrogens is 1. The summed E-state index contributed by atoms with van der Waals surface area (Å²) in [7, 11) is 0. The number of fused-ring (bicyclic) bond motifs is 1. The van der Waals surface area contributed by atoms with Gasteiger partial charge < -0.3 is 10.0 Å². The van der Waals surface area contributed by atoms with Gasteiger partial charge in [-0.1, -0.05) is 24.9 Å². The Morgan fingerprint density at radius 2 is 2.25 bits per heavy atom. The molecule has 2 fully saturated rings. The van der Waals surface area contributed by atoms with Gasteiger partial charge in [-0.25, -0.2) is 4.98 Å². The summed E-state index contributed by atoms with van der Waals surface area (Å²) < 4.78 is 0. The van der Waals surface area contributed by atoms with Crippen LogP contribution in [0.15, 0.2) is 12.1 Å². The molecule has 20 heavy (non-hydrogen) atoms. The van der Waals surface area contributed by atoms with Crippen LogP contribution in [-0.4, -0.2) is 28.8 Å². The maximum Gasteiger partial charge on any atom is 0.128 e. The molecule has 1 aliphatic heterocycles. The van der Waals surface area contributed by atoms with Crippen LogP contribution in [0.3, 0.4) is 0 Å². The molecule has 1 aromatic rings. The Hall–Kier alpha value is -0.800.